The summed E-state index contributed by atoms with van der Waals surface area (Å²) in [4.78, 5) is 22.7. The zero-order valence-electron chi connectivity index (χ0n) is 11.7. The van der Waals surface area contributed by atoms with Crippen LogP contribution in [0.3, 0.4) is 0 Å². The highest BCUT2D eigenvalue weighted by atomic mass is 16.5. The standard InChI is InChI=1S/C11H19N5O4/c1-7(9-15-12-6-16(9)2)13-11(19)14-8(10(17)18)4-5-20-3/h6-8H,4-5H2,1-3H3,(H,17,18)(H2,13,14,19). The van der Waals surface area contributed by atoms with Crippen molar-refractivity contribution in [1.29, 1.82) is 0 Å². The number of amides is 2. The predicted octanol–water partition coefficient (Wildman–Crippen LogP) is -0.335. The van der Waals surface area contributed by atoms with Crippen LogP contribution in [0.1, 0.15) is 25.2 Å². The van der Waals surface area contributed by atoms with Crippen LogP contribution in [-0.4, -0.2) is 51.6 Å². The molecule has 112 valence electrons. The van der Waals surface area contributed by atoms with Crippen LogP contribution in [0.2, 0.25) is 0 Å². The van der Waals surface area contributed by atoms with Gasteiger partial charge in [-0.25, -0.2) is 9.59 Å². The minimum Gasteiger partial charge on any atom is -0.480 e. The number of ether oxygens (including phenoxy) is 1. The lowest BCUT2D eigenvalue weighted by Crippen LogP contribution is -2.47. The van der Waals surface area contributed by atoms with Crippen molar-refractivity contribution in [3.05, 3.63) is 12.2 Å². The van der Waals surface area contributed by atoms with E-state index < -0.39 is 18.0 Å². The first kappa shape index (κ1) is 15.9. The van der Waals surface area contributed by atoms with E-state index in [0.29, 0.717) is 5.82 Å². The average molecular weight is 285 g/mol. The van der Waals surface area contributed by atoms with Crippen LogP contribution in [0.15, 0.2) is 6.33 Å². The molecule has 0 bridgehead atoms. The molecule has 0 aliphatic carbocycles. The van der Waals surface area contributed by atoms with E-state index in [1.54, 1.807) is 18.5 Å². The molecule has 0 aliphatic heterocycles. The second-order valence-electron chi connectivity index (χ2n) is 4.31. The Morgan fingerprint density at radius 3 is 2.70 bits per heavy atom. The minimum absolute atomic E-state index is 0.192. The Kier molecular flexibility index (Phi) is 5.91. The summed E-state index contributed by atoms with van der Waals surface area (Å²) in [5.74, 6) is -0.535. The largest absolute Gasteiger partial charge is 0.480 e. The molecule has 1 aromatic rings. The number of carboxylic acids is 1. The highest BCUT2D eigenvalue weighted by Gasteiger charge is 2.21. The van der Waals surface area contributed by atoms with Crippen molar-refractivity contribution >= 4 is 12.0 Å². The summed E-state index contributed by atoms with van der Waals surface area (Å²) in [6.45, 7) is 1.98. The fourth-order valence-electron chi connectivity index (χ4n) is 1.64. The van der Waals surface area contributed by atoms with E-state index in [1.165, 1.54) is 13.4 Å². The number of urea groups is 1. The Morgan fingerprint density at radius 2 is 2.20 bits per heavy atom. The van der Waals surface area contributed by atoms with Gasteiger partial charge in [-0.2, -0.15) is 0 Å². The number of carboxylic acid groups (broad SMARTS) is 1. The lowest BCUT2D eigenvalue weighted by molar-refractivity contribution is -0.139. The van der Waals surface area contributed by atoms with Crippen LogP contribution in [0, 0.1) is 0 Å². The number of aliphatic carboxylic acids is 1. The van der Waals surface area contributed by atoms with Gasteiger partial charge in [0.05, 0.1) is 6.04 Å². The number of nitrogens with zero attached hydrogens (tertiary/aromatic N) is 3. The van der Waals surface area contributed by atoms with Crippen LogP contribution in [0.4, 0.5) is 4.79 Å². The number of aromatic nitrogens is 3. The molecule has 0 radical (unpaired) electrons. The lowest BCUT2D eigenvalue weighted by Gasteiger charge is -2.17. The maximum Gasteiger partial charge on any atom is 0.326 e. The minimum atomic E-state index is -1.11. The van der Waals surface area contributed by atoms with Crippen LogP contribution in [0.25, 0.3) is 0 Å². The Hall–Kier alpha value is -2.16. The van der Waals surface area contributed by atoms with Crippen molar-refractivity contribution < 1.29 is 19.4 Å². The van der Waals surface area contributed by atoms with Crippen molar-refractivity contribution in [2.45, 2.75) is 25.4 Å². The first-order chi connectivity index (χ1) is 9.45. The highest BCUT2D eigenvalue weighted by Crippen LogP contribution is 2.06. The van der Waals surface area contributed by atoms with E-state index in [2.05, 4.69) is 20.8 Å². The molecule has 0 aliphatic rings. The molecule has 9 nitrogen and oxygen atoms in total. The summed E-state index contributed by atoms with van der Waals surface area (Å²) in [5, 5.41) is 21.5. The van der Waals surface area contributed by atoms with Crippen molar-refractivity contribution in [2.75, 3.05) is 13.7 Å². The first-order valence-corrected chi connectivity index (χ1v) is 6.08. The van der Waals surface area contributed by atoms with Gasteiger partial charge in [0.1, 0.15) is 12.4 Å². The quantitative estimate of drug-likeness (QED) is 0.631. The number of rotatable bonds is 7. The molecule has 0 aromatic carbocycles. The molecule has 2 atom stereocenters. The molecule has 0 spiro atoms. The van der Waals surface area contributed by atoms with Gasteiger partial charge in [-0.1, -0.05) is 0 Å². The van der Waals surface area contributed by atoms with Crippen LogP contribution in [0.5, 0.6) is 0 Å². The zero-order valence-corrected chi connectivity index (χ0v) is 11.7. The monoisotopic (exact) mass is 285 g/mol. The molecule has 0 fully saturated rings. The van der Waals surface area contributed by atoms with E-state index in [4.69, 9.17) is 9.84 Å². The smallest absolute Gasteiger partial charge is 0.326 e. The second-order valence-corrected chi connectivity index (χ2v) is 4.31. The zero-order chi connectivity index (χ0) is 15.1. The second kappa shape index (κ2) is 7.43. The summed E-state index contributed by atoms with van der Waals surface area (Å²) < 4.78 is 6.47. The number of methoxy groups -OCH3 is 1. The molecular weight excluding hydrogens is 266 g/mol. The topological polar surface area (TPSA) is 118 Å². The van der Waals surface area contributed by atoms with Gasteiger partial charge in [-0.15, -0.1) is 10.2 Å². The first-order valence-electron chi connectivity index (χ1n) is 6.08. The molecule has 1 heterocycles. The fraction of sp³-hybridized carbons (Fsp3) is 0.636. The van der Waals surface area contributed by atoms with Crippen molar-refractivity contribution in [1.82, 2.24) is 25.4 Å². The van der Waals surface area contributed by atoms with E-state index in [9.17, 15) is 9.59 Å². The molecule has 1 rings (SSSR count). The highest BCUT2D eigenvalue weighted by molar-refractivity contribution is 5.82. The molecule has 0 saturated carbocycles. The Labute approximate surface area is 116 Å². The molecule has 2 amide bonds. The number of nitrogens with one attached hydrogen (secondary N) is 2. The third-order valence-electron chi connectivity index (χ3n) is 2.70. The van der Waals surface area contributed by atoms with Gasteiger partial charge >= 0.3 is 12.0 Å². The number of aryl methyl sites for hydroxylation is 1. The van der Waals surface area contributed by atoms with Gasteiger partial charge < -0.3 is 25.0 Å². The lowest BCUT2D eigenvalue weighted by atomic mass is 10.2. The number of hydrogen-bond acceptors (Lipinski definition) is 5. The third-order valence-corrected chi connectivity index (χ3v) is 2.70. The molecular formula is C11H19N5O4. The number of carbonyl (C=O) groups is 2. The van der Waals surface area contributed by atoms with Crippen LogP contribution < -0.4 is 10.6 Å². The third kappa shape index (κ3) is 4.50. The summed E-state index contributed by atoms with van der Waals surface area (Å²) in [5.41, 5.74) is 0. The van der Waals surface area contributed by atoms with Gasteiger partial charge in [-0.05, 0) is 6.92 Å². The summed E-state index contributed by atoms with van der Waals surface area (Å²) in [7, 11) is 3.22. The Morgan fingerprint density at radius 1 is 1.50 bits per heavy atom. The molecule has 1 aromatic heterocycles. The van der Waals surface area contributed by atoms with Crippen molar-refractivity contribution in [3.63, 3.8) is 0 Å². The van der Waals surface area contributed by atoms with Gasteiger partial charge in [0.25, 0.3) is 0 Å². The maximum absolute atomic E-state index is 11.8. The molecule has 2 unspecified atom stereocenters. The van der Waals surface area contributed by atoms with Crippen molar-refractivity contribution in [2.24, 2.45) is 7.05 Å². The Bertz CT molecular complexity index is 461. The summed E-state index contributed by atoms with van der Waals surface area (Å²) in [6, 6.07) is -1.97. The summed E-state index contributed by atoms with van der Waals surface area (Å²) >= 11 is 0. The normalized spacial score (nSPS) is 13.6. The fourth-order valence-corrected chi connectivity index (χ4v) is 1.64. The van der Waals surface area contributed by atoms with Gasteiger partial charge in [0, 0.05) is 27.2 Å². The van der Waals surface area contributed by atoms with Crippen LogP contribution >= 0.6 is 0 Å². The number of hydrogen-bond donors (Lipinski definition) is 3. The van der Waals surface area contributed by atoms with E-state index >= 15 is 0 Å². The van der Waals surface area contributed by atoms with Gasteiger partial charge in [-0.3, -0.25) is 0 Å². The molecule has 20 heavy (non-hydrogen) atoms. The Balaban J connectivity index is 2.53. The number of carbonyl (C=O) groups excluding carboxylic acids is 1. The van der Waals surface area contributed by atoms with E-state index in [-0.39, 0.29) is 19.1 Å². The molecule has 0 saturated heterocycles. The van der Waals surface area contributed by atoms with Crippen LogP contribution in [-0.2, 0) is 16.6 Å². The molecule has 3 N–H and O–H groups in total. The van der Waals surface area contributed by atoms with E-state index in [0.717, 1.165) is 0 Å². The van der Waals surface area contributed by atoms with Gasteiger partial charge in [0.2, 0.25) is 0 Å². The van der Waals surface area contributed by atoms with E-state index in [1.807, 2.05) is 0 Å². The van der Waals surface area contributed by atoms with Gasteiger partial charge in [0.15, 0.2) is 5.82 Å². The maximum atomic E-state index is 11.8. The SMILES string of the molecule is COCCC(NC(=O)NC(C)c1nncn1C)C(=O)O. The van der Waals surface area contributed by atoms with Crippen molar-refractivity contribution in [3.8, 4) is 0 Å². The summed E-state index contributed by atoms with van der Waals surface area (Å²) in [6.07, 6.45) is 1.71. The predicted molar refractivity (Wildman–Crippen MR) is 69.0 cm³/mol. The molecule has 9 heteroatoms. The average Bonchev–Trinajstić information content (AvgIpc) is 2.80.